The van der Waals surface area contributed by atoms with Gasteiger partial charge in [0.1, 0.15) is 0 Å². The molecule has 65 heavy (non-hydrogen) atoms. The highest BCUT2D eigenvalue weighted by atomic mass is 32.2. The fourth-order valence-corrected chi connectivity index (χ4v) is 10.8. The van der Waals surface area contributed by atoms with Gasteiger partial charge in [-0.2, -0.15) is 9.78 Å². The molecule has 2 aromatic carbocycles. The van der Waals surface area contributed by atoms with Crippen LogP contribution in [0.15, 0.2) is 43.8 Å². The van der Waals surface area contributed by atoms with Crippen LogP contribution in [0.1, 0.15) is 138 Å². The zero-order valence-electron chi connectivity index (χ0n) is 40.2. The Kier molecular flexibility index (Phi) is 33.5. The molecule has 4 rings (SSSR count). The van der Waals surface area contributed by atoms with Crippen molar-refractivity contribution in [3.63, 3.8) is 0 Å². The predicted octanol–water partition coefficient (Wildman–Crippen LogP) is 13.0. The maximum atomic E-state index is 5.85. The molecule has 2 atom stereocenters. The lowest BCUT2D eigenvalue weighted by Gasteiger charge is -2.22. The zero-order chi connectivity index (χ0) is 45.8. The van der Waals surface area contributed by atoms with Crippen molar-refractivity contribution in [2.24, 2.45) is 0 Å². The molecule has 0 saturated carbocycles. The van der Waals surface area contributed by atoms with E-state index < -0.39 is 0 Å². The van der Waals surface area contributed by atoms with Gasteiger partial charge in [-0.1, -0.05) is 56.4 Å². The highest BCUT2D eigenvalue weighted by Gasteiger charge is 2.16. The Labute approximate surface area is 409 Å². The second kappa shape index (κ2) is 38.2. The van der Waals surface area contributed by atoms with Crippen molar-refractivity contribution in [2.45, 2.75) is 174 Å². The standard InChI is InChI=1S/C50H82O11S4/c1-62-45-33-41(21-13-9-5-7-11-17-25-51-29-31-57-49-23-15-19-27-55-49)34-46(63-2)43(45)37-53-39-59-61-60-40-54-38-44-47(64-3)35-42(36-48(44)65-4)22-14-10-6-8-12-18-26-52-30-32-58-50-24-16-20-28-56-50/h33-36,49-50H,5-32,37-40H2,1-4H3. The van der Waals surface area contributed by atoms with E-state index in [1.54, 1.807) is 47.0 Å². The van der Waals surface area contributed by atoms with Gasteiger partial charge in [-0.05, 0) is 137 Å². The Hall–Kier alpha value is -0.600. The molecule has 15 heteroatoms. The van der Waals surface area contributed by atoms with Crippen LogP contribution < -0.4 is 0 Å². The Morgan fingerprint density at radius 3 is 1.20 bits per heavy atom. The summed E-state index contributed by atoms with van der Waals surface area (Å²) in [5.74, 6) is 0. The van der Waals surface area contributed by atoms with E-state index in [1.165, 1.54) is 119 Å². The summed E-state index contributed by atoms with van der Waals surface area (Å²) in [6.45, 7) is 6.53. The van der Waals surface area contributed by atoms with E-state index in [0.717, 1.165) is 77.8 Å². The number of aryl methyl sites for hydroxylation is 2. The molecule has 2 heterocycles. The predicted molar refractivity (Wildman–Crippen MR) is 266 cm³/mol. The van der Waals surface area contributed by atoms with E-state index in [2.05, 4.69) is 49.3 Å². The number of ether oxygens (including phenoxy) is 8. The summed E-state index contributed by atoms with van der Waals surface area (Å²) >= 11 is 7.02. The van der Waals surface area contributed by atoms with Crippen LogP contribution in [0.4, 0.5) is 0 Å². The summed E-state index contributed by atoms with van der Waals surface area (Å²) in [7, 11) is 0. The third-order valence-electron chi connectivity index (χ3n) is 11.5. The Morgan fingerprint density at radius 2 is 0.831 bits per heavy atom. The second-order valence-corrected chi connectivity index (χ2v) is 19.9. The second-order valence-electron chi connectivity index (χ2n) is 16.5. The van der Waals surface area contributed by atoms with Crippen molar-refractivity contribution < 1.29 is 52.7 Å². The highest BCUT2D eigenvalue weighted by Crippen LogP contribution is 2.34. The number of thioether (sulfide) groups is 4. The largest absolute Gasteiger partial charge is 0.379 e. The summed E-state index contributed by atoms with van der Waals surface area (Å²) in [6, 6.07) is 9.26. The highest BCUT2D eigenvalue weighted by molar-refractivity contribution is 7.99. The lowest BCUT2D eigenvalue weighted by Crippen LogP contribution is -2.24. The normalized spacial score (nSPS) is 16.7. The molecule has 0 bridgehead atoms. The molecule has 2 aliphatic rings. The minimum absolute atomic E-state index is 0.0274. The maximum Gasteiger partial charge on any atom is 0.184 e. The molecule has 2 saturated heterocycles. The first-order valence-corrected chi connectivity index (χ1v) is 29.2. The van der Waals surface area contributed by atoms with Crippen LogP contribution in [0.3, 0.4) is 0 Å². The number of hydrogen-bond acceptors (Lipinski definition) is 15. The molecule has 0 N–H and O–H groups in total. The van der Waals surface area contributed by atoms with Gasteiger partial charge in [0.15, 0.2) is 26.2 Å². The van der Waals surface area contributed by atoms with E-state index in [1.807, 2.05) is 0 Å². The average molecular weight is 987 g/mol. The van der Waals surface area contributed by atoms with Gasteiger partial charge in [0.05, 0.1) is 39.6 Å². The molecule has 0 aliphatic carbocycles. The van der Waals surface area contributed by atoms with Gasteiger partial charge in [0, 0.05) is 57.1 Å². The van der Waals surface area contributed by atoms with Gasteiger partial charge >= 0.3 is 0 Å². The summed E-state index contributed by atoms with van der Waals surface area (Å²) in [5.41, 5.74) is 5.11. The molecule has 0 amide bonds. The van der Waals surface area contributed by atoms with Gasteiger partial charge < -0.3 is 37.9 Å². The van der Waals surface area contributed by atoms with Crippen LogP contribution in [-0.4, -0.2) is 104 Å². The lowest BCUT2D eigenvalue weighted by molar-refractivity contribution is -0.542. The van der Waals surface area contributed by atoms with Crippen LogP contribution in [0.25, 0.3) is 0 Å². The van der Waals surface area contributed by atoms with Crippen molar-refractivity contribution in [1.82, 2.24) is 0 Å². The first kappa shape index (κ1) is 57.0. The minimum Gasteiger partial charge on any atom is -0.379 e. The van der Waals surface area contributed by atoms with Gasteiger partial charge in [0.25, 0.3) is 0 Å². The number of benzene rings is 2. The molecular formula is C50H82O11S4. The zero-order valence-corrected chi connectivity index (χ0v) is 43.5. The summed E-state index contributed by atoms with van der Waals surface area (Å²) < 4.78 is 45.9. The van der Waals surface area contributed by atoms with Gasteiger partial charge in [-0.25, -0.2) is 0 Å². The van der Waals surface area contributed by atoms with E-state index in [9.17, 15) is 0 Å². The molecule has 0 spiro atoms. The fourth-order valence-electron chi connectivity index (χ4n) is 7.93. The summed E-state index contributed by atoms with van der Waals surface area (Å²) in [4.78, 5) is 15.3. The summed E-state index contributed by atoms with van der Waals surface area (Å²) in [6.07, 6.45) is 31.8. The first-order valence-electron chi connectivity index (χ1n) is 24.3. The Balaban J connectivity index is 0.990. The van der Waals surface area contributed by atoms with Crippen LogP contribution >= 0.6 is 47.0 Å². The van der Waals surface area contributed by atoms with Crippen LogP contribution in [-0.2, 0) is 78.8 Å². The van der Waals surface area contributed by atoms with Crippen molar-refractivity contribution in [3.05, 3.63) is 46.5 Å². The molecule has 11 nitrogen and oxygen atoms in total. The third kappa shape index (κ3) is 25.2. The number of rotatable bonds is 40. The molecule has 2 aromatic rings. The van der Waals surface area contributed by atoms with Gasteiger partial charge in [-0.15, -0.1) is 47.0 Å². The molecule has 372 valence electrons. The molecule has 0 aromatic heterocycles. The Morgan fingerprint density at radius 1 is 0.446 bits per heavy atom. The topological polar surface area (TPSA) is 102 Å². The first-order chi connectivity index (χ1) is 32.1. The fraction of sp³-hybridized carbons (Fsp3) is 0.760. The van der Waals surface area contributed by atoms with Crippen molar-refractivity contribution in [3.8, 4) is 0 Å². The quantitative estimate of drug-likeness (QED) is 0.0208. The summed E-state index contributed by atoms with van der Waals surface area (Å²) in [5, 5.41) is 4.92. The third-order valence-corrected chi connectivity index (χ3v) is 14.8. The minimum atomic E-state index is -0.0588. The SMILES string of the molecule is CSc1cc(CCCCCCCCOCCOC2CCCCO2)cc(SC)c1COCOOOCOCc1c(SC)cc(CCCCCCCCOCCOC2CCCCO2)cc1SC. The average Bonchev–Trinajstić information content (AvgIpc) is 3.34. The van der Waals surface area contributed by atoms with Crippen LogP contribution in [0, 0.1) is 0 Å². The van der Waals surface area contributed by atoms with Crippen LogP contribution in [0.2, 0.25) is 0 Å². The van der Waals surface area contributed by atoms with Crippen molar-refractivity contribution >= 4 is 47.0 Å². The van der Waals surface area contributed by atoms with Crippen LogP contribution in [0.5, 0.6) is 0 Å². The molecular weight excluding hydrogens is 905 g/mol. The van der Waals surface area contributed by atoms with Crippen molar-refractivity contribution in [1.29, 1.82) is 0 Å². The van der Waals surface area contributed by atoms with E-state index in [0.29, 0.717) is 39.6 Å². The smallest absolute Gasteiger partial charge is 0.184 e. The molecule has 2 fully saturated rings. The maximum absolute atomic E-state index is 5.85. The Bertz CT molecular complexity index is 1320. The number of unbranched alkanes of at least 4 members (excludes halogenated alkanes) is 10. The molecule has 2 aliphatic heterocycles. The lowest BCUT2D eigenvalue weighted by atomic mass is 10.0. The van der Waals surface area contributed by atoms with E-state index in [-0.39, 0.29) is 26.2 Å². The van der Waals surface area contributed by atoms with Gasteiger partial charge in [-0.3, -0.25) is 0 Å². The van der Waals surface area contributed by atoms with E-state index >= 15 is 0 Å². The van der Waals surface area contributed by atoms with Crippen molar-refractivity contribution in [2.75, 3.05) is 91.5 Å². The number of hydrogen-bond donors (Lipinski definition) is 0. The molecule has 0 radical (unpaired) electrons. The van der Waals surface area contributed by atoms with Gasteiger partial charge in [0.2, 0.25) is 0 Å². The monoisotopic (exact) mass is 986 g/mol. The molecule has 2 unspecified atom stereocenters. The van der Waals surface area contributed by atoms with E-state index in [4.69, 9.17) is 52.7 Å².